The van der Waals surface area contributed by atoms with Crippen LogP contribution in [0.4, 0.5) is 15.8 Å². The molecule has 3 aromatic carbocycles. The highest BCUT2D eigenvalue weighted by Crippen LogP contribution is 2.38. The molecule has 0 aromatic heterocycles. The summed E-state index contributed by atoms with van der Waals surface area (Å²) < 4.78 is 25.6. The molecular weight excluding hydrogens is 423 g/mol. The van der Waals surface area contributed by atoms with E-state index in [0.717, 1.165) is 4.90 Å². The number of halogens is 1. The molecule has 168 valence electrons. The summed E-state index contributed by atoms with van der Waals surface area (Å²) in [5, 5.41) is 3.05. The van der Waals surface area contributed by atoms with Crippen LogP contribution in [-0.2, 0) is 9.59 Å². The first-order valence-corrected chi connectivity index (χ1v) is 10.5. The van der Waals surface area contributed by atoms with Gasteiger partial charge in [-0.25, -0.2) is 9.29 Å². The van der Waals surface area contributed by atoms with Crippen LogP contribution in [0.25, 0.3) is 5.57 Å². The number of anilines is 2. The van der Waals surface area contributed by atoms with Gasteiger partial charge in [-0.1, -0.05) is 30.3 Å². The standard InChI is InChI=1S/C26H23FN2O4/c1-16(2)33-18-14-12-17(13-15-18)28-24-23(19-8-4-7-11-22(19)32-3)25(30)29(26(24)31)21-10-6-5-9-20(21)27/h4-16,28H,1-3H3. The number of ether oxygens (including phenoxy) is 2. The number of amides is 2. The molecule has 1 heterocycles. The van der Waals surface area contributed by atoms with Gasteiger partial charge in [-0.15, -0.1) is 0 Å². The third kappa shape index (κ3) is 4.30. The summed E-state index contributed by atoms with van der Waals surface area (Å²) in [5.74, 6) is -0.874. The molecule has 0 fully saturated rings. The molecule has 1 aliphatic heterocycles. The van der Waals surface area contributed by atoms with Crippen LogP contribution in [0.1, 0.15) is 19.4 Å². The molecule has 33 heavy (non-hydrogen) atoms. The Labute approximate surface area is 191 Å². The number of nitrogens with zero attached hydrogens (tertiary/aromatic N) is 1. The number of para-hydroxylation sites is 2. The number of nitrogens with one attached hydrogen (secondary N) is 1. The number of carbonyl (C=O) groups excluding carboxylic acids is 2. The zero-order chi connectivity index (χ0) is 23.5. The Morgan fingerprint density at radius 1 is 0.879 bits per heavy atom. The molecule has 0 atom stereocenters. The van der Waals surface area contributed by atoms with Gasteiger partial charge in [-0.05, 0) is 56.3 Å². The quantitative estimate of drug-likeness (QED) is 0.517. The van der Waals surface area contributed by atoms with Gasteiger partial charge in [0, 0.05) is 11.3 Å². The first-order chi connectivity index (χ1) is 15.9. The number of rotatable bonds is 7. The van der Waals surface area contributed by atoms with Crippen LogP contribution in [0.5, 0.6) is 11.5 Å². The van der Waals surface area contributed by atoms with Gasteiger partial charge < -0.3 is 14.8 Å². The minimum absolute atomic E-state index is 0.0204. The molecule has 4 rings (SSSR count). The number of benzene rings is 3. The van der Waals surface area contributed by atoms with Crippen LogP contribution in [-0.4, -0.2) is 25.0 Å². The lowest BCUT2D eigenvalue weighted by molar-refractivity contribution is -0.120. The van der Waals surface area contributed by atoms with Gasteiger partial charge in [0.25, 0.3) is 11.8 Å². The summed E-state index contributed by atoms with van der Waals surface area (Å²) in [7, 11) is 1.48. The third-order valence-electron chi connectivity index (χ3n) is 5.05. The van der Waals surface area contributed by atoms with Crippen molar-refractivity contribution in [2.75, 3.05) is 17.3 Å². The van der Waals surface area contributed by atoms with Crippen LogP contribution in [0.15, 0.2) is 78.5 Å². The second kappa shape index (κ2) is 9.16. The number of hydrogen-bond donors (Lipinski definition) is 1. The van der Waals surface area contributed by atoms with Crippen molar-refractivity contribution in [2.45, 2.75) is 20.0 Å². The molecule has 1 aliphatic rings. The molecule has 0 radical (unpaired) electrons. The highest BCUT2D eigenvalue weighted by molar-refractivity contribution is 6.46. The SMILES string of the molecule is COc1ccccc1C1=C(Nc2ccc(OC(C)C)cc2)C(=O)N(c2ccccc2F)C1=O. The lowest BCUT2D eigenvalue weighted by Gasteiger charge is -2.16. The van der Waals surface area contributed by atoms with Crippen molar-refractivity contribution < 1.29 is 23.5 Å². The molecule has 0 bridgehead atoms. The van der Waals surface area contributed by atoms with Crippen molar-refractivity contribution in [3.8, 4) is 11.5 Å². The monoisotopic (exact) mass is 446 g/mol. The fourth-order valence-corrected chi connectivity index (χ4v) is 3.63. The minimum Gasteiger partial charge on any atom is -0.496 e. The summed E-state index contributed by atoms with van der Waals surface area (Å²) in [4.78, 5) is 27.7. The maximum Gasteiger partial charge on any atom is 0.282 e. The smallest absolute Gasteiger partial charge is 0.282 e. The highest BCUT2D eigenvalue weighted by atomic mass is 19.1. The second-order valence-corrected chi connectivity index (χ2v) is 7.66. The average Bonchev–Trinajstić information content (AvgIpc) is 3.04. The van der Waals surface area contributed by atoms with E-state index in [2.05, 4.69) is 5.32 Å². The zero-order valence-electron chi connectivity index (χ0n) is 18.5. The molecule has 0 unspecified atom stereocenters. The van der Waals surface area contributed by atoms with Crippen molar-refractivity contribution in [1.29, 1.82) is 0 Å². The molecule has 0 aliphatic carbocycles. The normalized spacial score (nSPS) is 13.7. The molecule has 7 heteroatoms. The first kappa shape index (κ1) is 22.1. The third-order valence-corrected chi connectivity index (χ3v) is 5.05. The number of imide groups is 1. The van der Waals surface area contributed by atoms with Crippen molar-refractivity contribution >= 4 is 28.8 Å². The van der Waals surface area contributed by atoms with Crippen LogP contribution in [0.2, 0.25) is 0 Å². The van der Waals surface area contributed by atoms with Crippen LogP contribution in [0.3, 0.4) is 0 Å². The van der Waals surface area contributed by atoms with Crippen molar-refractivity contribution in [3.05, 3.63) is 89.9 Å². The Hall–Kier alpha value is -4.13. The topological polar surface area (TPSA) is 67.9 Å². The van der Waals surface area contributed by atoms with Gasteiger partial charge in [-0.2, -0.15) is 0 Å². The second-order valence-electron chi connectivity index (χ2n) is 7.66. The van der Waals surface area contributed by atoms with Gasteiger partial charge in [0.2, 0.25) is 0 Å². The lowest BCUT2D eigenvalue weighted by atomic mass is 10.0. The Morgan fingerprint density at radius 3 is 2.21 bits per heavy atom. The molecule has 0 saturated heterocycles. The van der Waals surface area contributed by atoms with Crippen LogP contribution >= 0.6 is 0 Å². The van der Waals surface area contributed by atoms with E-state index in [9.17, 15) is 14.0 Å². The number of carbonyl (C=O) groups is 2. The van der Waals surface area contributed by atoms with E-state index in [1.54, 1.807) is 54.6 Å². The zero-order valence-corrected chi connectivity index (χ0v) is 18.5. The molecule has 6 nitrogen and oxygen atoms in total. The summed E-state index contributed by atoms with van der Waals surface area (Å²) in [6.45, 7) is 3.85. The van der Waals surface area contributed by atoms with Crippen molar-refractivity contribution in [2.24, 2.45) is 0 Å². The number of methoxy groups -OCH3 is 1. The van der Waals surface area contributed by atoms with Crippen molar-refractivity contribution in [3.63, 3.8) is 0 Å². The summed E-state index contributed by atoms with van der Waals surface area (Å²) in [6, 6.07) is 19.6. The predicted octanol–water partition coefficient (Wildman–Crippen LogP) is 5.02. The predicted molar refractivity (Wildman–Crippen MR) is 125 cm³/mol. The molecular formula is C26H23FN2O4. The van der Waals surface area contributed by atoms with E-state index in [-0.39, 0.29) is 23.1 Å². The molecule has 1 N–H and O–H groups in total. The fourth-order valence-electron chi connectivity index (χ4n) is 3.63. The molecule has 0 saturated carbocycles. The van der Waals surface area contributed by atoms with E-state index in [4.69, 9.17) is 9.47 Å². The Kier molecular flexibility index (Phi) is 6.13. The molecule has 0 spiro atoms. The van der Waals surface area contributed by atoms with Gasteiger partial charge in [0.05, 0.1) is 24.5 Å². The summed E-state index contributed by atoms with van der Waals surface area (Å²) in [6.07, 6.45) is 0.0204. The maximum atomic E-state index is 14.5. The average molecular weight is 446 g/mol. The maximum absolute atomic E-state index is 14.5. The Morgan fingerprint density at radius 2 is 1.55 bits per heavy atom. The minimum atomic E-state index is -0.671. The molecule has 3 aromatic rings. The van der Waals surface area contributed by atoms with Gasteiger partial charge in [0.15, 0.2) is 0 Å². The van der Waals surface area contributed by atoms with Gasteiger partial charge >= 0.3 is 0 Å². The van der Waals surface area contributed by atoms with E-state index in [1.165, 1.54) is 25.3 Å². The highest BCUT2D eigenvalue weighted by Gasteiger charge is 2.42. The Bertz CT molecular complexity index is 1240. The Balaban J connectivity index is 1.80. The number of hydrogen-bond acceptors (Lipinski definition) is 5. The molecule has 2 amide bonds. The van der Waals surface area contributed by atoms with Crippen LogP contribution < -0.4 is 19.7 Å². The first-order valence-electron chi connectivity index (χ1n) is 10.5. The van der Waals surface area contributed by atoms with Gasteiger partial charge in [-0.3, -0.25) is 9.59 Å². The van der Waals surface area contributed by atoms with E-state index >= 15 is 0 Å². The van der Waals surface area contributed by atoms with E-state index in [1.807, 2.05) is 13.8 Å². The van der Waals surface area contributed by atoms with E-state index in [0.29, 0.717) is 22.7 Å². The summed E-state index contributed by atoms with van der Waals surface area (Å²) in [5.41, 5.74) is 1.02. The largest absolute Gasteiger partial charge is 0.496 e. The van der Waals surface area contributed by atoms with Crippen molar-refractivity contribution in [1.82, 2.24) is 0 Å². The van der Waals surface area contributed by atoms with Crippen LogP contribution in [0, 0.1) is 5.82 Å². The van der Waals surface area contributed by atoms with Gasteiger partial charge in [0.1, 0.15) is 23.0 Å². The lowest BCUT2D eigenvalue weighted by Crippen LogP contribution is -2.33. The summed E-state index contributed by atoms with van der Waals surface area (Å²) >= 11 is 0. The van der Waals surface area contributed by atoms with E-state index < -0.39 is 17.6 Å². The fraction of sp³-hybridized carbons (Fsp3) is 0.154.